The Hall–Kier alpha value is -0.600. The van der Waals surface area contributed by atoms with Crippen molar-refractivity contribution in [3.63, 3.8) is 0 Å². The van der Waals surface area contributed by atoms with Crippen molar-refractivity contribution in [1.82, 2.24) is 0 Å². The van der Waals surface area contributed by atoms with E-state index < -0.39 is 0 Å². The summed E-state index contributed by atoms with van der Waals surface area (Å²) in [6, 6.07) is 0. The molecule has 0 aromatic carbocycles. The number of thioether (sulfide) groups is 1. The van der Waals surface area contributed by atoms with Gasteiger partial charge in [-0.2, -0.15) is 5.26 Å². The third-order valence-electron chi connectivity index (χ3n) is 6.47. The maximum Gasteiger partial charge on any atom is 0.133 e. The van der Waals surface area contributed by atoms with Gasteiger partial charge in [-0.1, -0.05) is 43.9 Å². The fourth-order valence-electron chi connectivity index (χ4n) is 4.98. The van der Waals surface area contributed by atoms with Gasteiger partial charge in [-0.15, -0.1) is 0 Å². The third kappa shape index (κ3) is 5.19. The first-order chi connectivity index (χ1) is 11.3. The van der Waals surface area contributed by atoms with Gasteiger partial charge in [0, 0.05) is 17.1 Å². The lowest BCUT2D eigenvalue weighted by molar-refractivity contribution is 0.182. The van der Waals surface area contributed by atoms with Gasteiger partial charge in [0.25, 0.3) is 0 Å². The highest BCUT2D eigenvalue weighted by atomic mass is 32.2. The van der Waals surface area contributed by atoms with Crippen molar-refractivity contribution in [2.75, 3.05) is 0 Å². The van der Waals surface area contributed by atoms with Gasteiger partial charge in [-0.05, 0) is 75.0 Å². The zero-order valence-electron chi connectivity index (χ0n) is 14.4. The molecule has 3 aliphatic rings. The van der Waals surface area contributed by atoms with Gasteiger partial charge in [-0.3, -0.25) is 0 Å². The average molecular weight is 330 g/mol. The standard InChI is InChI=1S/C21H31NS/c22-16-23-21-14-10-18(11-15-21)7-6-17-8-12-20(13-9-17)19-4-2-1-3-5-19/h17-21H,1-5,8-15H2. The predicted molar refractivity (Wildman–Crippen MR) is 98.7 cm³/mol. The van der Waals surface area contributed by atoms with Crippen molar-refractivity contribution in [3.8, 4) is 17.2 Å². The SMILES string of the molecule is N#CSC1CCC(C#CC2CCC(C3CCCCC3)CC2)CC1. The first kappa shape index (κ1) is 17.2. The molecule has 0 aromatic rings. The topological polar surface area (TPSA) is 23.8 Å². The van der Waals surface area contributed by atoms with Gasteiger partial charge in [-0.25, -0.2) is 0 Å². The summed E-state index contributed by atoms with van der Waals surface area (Å²) in [5.41, 5.74) is 0. The van der Waals surface area contributed by atoms with Gasteiger partial charge in [0.1, 0.15) is 5.40 Å². The fourth-order valence-corrected chi connectivity index (χ4v) is 5.63. The van der Waals surface area contributed by atoms with Gasteiger partial charge in [0.2, 0.25) is 0 Å². The van der Waals surface area contributed by atoms with Crippen molar-refractivity contribution < 1.29 is 0 Å². The molecule has 2 heteroatoms. The van der Waals surface area contributed by atoms with E-state index in [2.05, 4.69) is 17.2 Å². The van der Waals surface area contributed by atoms with E-state index in [0.717, 1.165) is 11.8 Å². The van der Waals surface area contributed by atoms with Crippen molar-refractivity contribution in [2.45, 2.75) is 88.7 Å². The number of hydrogen-bond acceptors (Lipinski definition) is 2. The van der Waals surface area contributed by atoms with Gasteiger partial charge in [0.05, 0.1) is 0 Å². The summed E-state index contributed by atoms with van der Waals surface area (Å²) in [6.07, 6.45) is 17.8. The number of hydrogen-bond donors (Lipinski definition) is 0. The van der Waals surface area contributed by atoms with Gasteiger partial charge in [0.15, 0.2) is 0 Å². The van der Waals surface area contributed by atoms with Crippen LogP contribution in [0, 0.1) is 46.2 Å². The lowest BCUT2D eigenvalue weighted by Gasteiger charge is -2.34. The van der Waals surface area contributed by atoms with E-state index in [0.29, 0.717) is 17.1 Å². The molecule has 0 amide bonds. The van der Waals surface area contributed by atoms with Crippen LogP contribution < -0.4 is 0 Å². The molecule has 0 aromatic heterocycles. The molecular weight excluding hydrogens is 298 g/mol. The highest BCUT2D eigenvalue weighted by molar-refractivity contribution is 8.04. The molecular formula is C21H31NS. The molecule has 0 spiro atoms. The largest absolute Gasteiger partial charge is 0.185 e. The molecule has 0 aliphatic heterocycles. The molecule has 0 saturated heterocycles. The van der Waals surface area contributed by atoms with E-state index in [4.69, 9.17) is 5.26 Å². The summed E-state index contributed by atoms with van der Waals surface area (Å²) in [7, 11) is 0. The summed E-state index contributed by atoms with van der Waals surface area (Å²) in [6.45, 7) is 0. The van der Waals surface area contributed by atoms with Crippen LogP contribution in [0.1, 0.15) is 83.5 Å². The van der Waals surface area contributed by atoms with E-state index in [1.165, 1.54) is 95.2 Å². The molecule has 23 heavy (non-hydrogen) atoms. The van der Waals surface area contributed by atoms with E-state index in [-0.39, 0.29) is 0 Å². The molecule has 3 rings (SSSR count). The number of nitrogens with zero attached hydrogens (tertiary/aromatic N) is 1. The zero-order chi connectivity index (χ0) is 15.9. The van der Waals surface area contributed by atoms with Crippen molar-refractivity contribution in [2.24, 2.45) is 23.7 Å². The van der Waals surface area contributed by atoms with Crippen molar-refractivity contribution >= 4 is 11.8 Å². The third-order valence-corrected chi connectivity index (χ3v) is 7.38. The molecule has 3 fully saturated rings. The quantitative estimate of drug-likeness (QED) is 0.448. The molecule has 0 heterocycles. The Morgan fingerprint density at radius 1 is 0.609 bits per heavy atom. The van der Waals surface area contributed by atoms with Crippen LogP contribution in [0.3, 0.4) is 0 Å². The Bertz CT molecular complexity index is 446. The summed E-state index contributed by atoms with van der Waals surface area (Å²) < 4.78 is 0. The minimum atomic E-state index is 0.573. The fraction of sp³-hybridized carbons (Fsp3) is 0.857. The van der Waals surface area contributed by atoms with Crippen LogP contribution in [-0.4, -0.2) is 5.25 Å². The summed E-state index contributed by atoms with van der Waals surface area (Å²) in [5.74, 6) is 10.6. The highest BCUT2D eigenvalue weighted by Gasteiger charge is 2.28. The molecule has 3 aliphatic carbocycles. The lowest BCUT2D eigenvalue weighted by atomic mass is 9.71. The Morgan fingerprint density at radius 3 is 1.70 bits per heavy atom. The monoisotopic (exact) mass is 329 g/mol. The van der Waals surface area contributed by atoms with Crippen LogP contribution in [0.4, 0.5) is 0 Å². The second-order valence-corrected chi connectivity index (χ2v) is 9.07. The van der Waals surface area contributed by atoms with Crippen LogP contribution >= 0.6 is 11.8 Å². The normalized spacial score (nSPS) is 35.8. The van der Waals surface area contributed by atoms with E-state index in [1.54, 1.807) is 0 Å². The first-order valence-electron chi connectivity index (χ1n) is 9.91. The zero-order valence-corrected chi connectivity index (χ0v) is 15.3. The maximum absolute atomic E-state index is 8.76. The smallest absolute Gasteiger partial charge is 0.133 e. The van der Waals surface area contributed by atoms with Crippen molar-refractivity contribution in [3.05, 3.63) is 0 Å². The Labute approximate surface area is 147 Å². The second-order valence-electron chi connectivity index (χ2n) is 7.98. The predicted octanol–water partition coefficient (Wildman–Crippen LogP) is 6.15. The molecule has 0 atom stereocenters. The highest BCUT2D eigenvalue weighted by Crippen LogP contribution is 2.40. The lowest BCUT2D eigenvalue weighted by Crippen LogP contribution is -2.23. The molecule has 126 valence electrons. The molecule has 3 saturated carbocycles. The van der Waals surface area contributed by atoms with Crippen molar-refractivity contribution in [1.29, 1.82) is 5.26 Å². The summed E-state index contributed by atoms with van der Waals surface area (Å²) in [5, 5.41) is 11.6. The van der Waals surface area contributed by atoms with Crippen LogP contribution in [-0.2, 0) is 0 Å². The van der Waals surface area contributed by atoms with Gasteiger partial charge >= 0.3 is 0 Å². The van der Waals surface area contributed by atoms with E-state index in [1.807, 2.05) is 0 Å². The van der Waals surface area contributed by atoms with Crippen LogP contribution in [0.5, 0.6) is 0 Å². The maximum atomic E-state index is 8.76. The van der Waals surface area contributed by atoms with E-state index >= 15 is 0 Å². The number of thiocyanates is 1. The van der Waals surface area contributed by atoms with Crippen LogP contribution in [0.2, 0.25) is 0 Å². The average Bonchev–Trinajstić information content (AvgIpc) is 2.63. The molecule has 0 bridgehead atoms. The molecule has 1 nitrogen and oxygen atoms in total. The Kier molecular flexibility index (Phi) is 6.77. The Morgan fingerprint density at radius 2 is 1.13 bits per heavy atom. The number of nitriles is 1. The molecule has 0 unspecified atom stereocenters. The van der Waals surface area contributed by atoms with Crippen LogP contribution in [0.25, 0.3) is 0 Å². The number of rotatable bonds is 2. The first-order valence-corrected chi connectivity index (χ1v) is 10.8. The Balaban J connectivity index is 1.39. The van der Waals surface area contributed by atoms with E-state index in [9.17, 15) is 0 Å². The van der Waals surface area contributed by atoms with Gasteiger partial charge < -0.3 is 0 Å². The second kappa shape index (κ2) is 9.03. The summed E-state index contributed by atoms with van der Waals surface area (Å²) in [4.78, 5) is 0. The molecule has 0 N–H and O–H groups in total. The van der Waals surface area contributed by atoms with Crippen LogP contribution in [0.15, 0.2) is 0 Å². The minimum absolute atomic E-state index is 0.573. The molecule has 0 radical (unpaired) electrons. The minimum Gasteiger partial charge on any atom is -0.185 e. The summed E-state index contributed by atoms with van der Waals surface area (Å²) >= 11 is 1.47.